The van der Waals surface area contributed by atoms with E-state index in [1.807, 2.05) is 30.3 Å². The molecule has 1 aliphatic carbocycles. The summed E-state index contributed by atoms with van der Waals surface area (Å²) in [7, 11) is 0. The van der Waals surface area contributed by atoms with Gasteiger partial charge in [-0.15, -0.1) is 0 Å². The van der Waals surface area contributed by atoms with Crippen LogP contribution in [0.5, 0.6) is 0 Å². The van der Waals surface area contributed by atoms with Crippen LogP contribution >= 0.6 is 23.2 Å². The smallest absolute Gasteiger partial charge is 0.0860 e. The number of rotatable bonds is 3. The first kappa shape index (κ1) is 20.4. The number of halogens is 2. The highest BCUT2D eigenvalue weighted by molar-refractivity contribution is 6.30. The first-order valence-electron chi connectivity index (χ1n) is 10.7. The average molecular weight is 447 g/mol. The third-order valence-corrected chi connectivity index (χ3v) is 6.71. The van der Waals surface area contributed by atoms with Crippen LogP contribution in [-0.2, 0) is 0 Å². The predicted octanol–water partition coefficient (Wildman–Crippen LogP) is 8.04. The topological polar surface area (TPSA) is 15.6 Å². The molecular weight excluding hydrogens is 423 g/mol. The zero-order chi connectivity index (χ0) is 21.4. The molecule has 1 heterocycles. The van der Waals surface area contributed by atoms with E-state index in [2.05, 4.69) is 66.5 Å². The van der Waals surface area contributed by atoms with Gasteiger partial charge in [0.2, 0.25) is 0 Å². The van der Waals surface area contributed by atoms with Crippen molar-refractivity contribution < 1.29 is 0 Å². The predicted molar refractivity (Wildman–Crippen MR) is 132 cm³/mol. The zero-order valence-corrected chi connectivity index (χ0v) is 18.9. The fraction of sp³-hybridized carbons (Fsp3) is 0.222. The highest BCUT2D eigenvalue weighted by Crippen LogP contribution is 2.47. The van der Waals surface area contributed by atoms with E-state index in [1.54, 1.807) is 0 Å². The van der Waals surface area contributed by atoms with Crippen molar-refractivity contribution in [1.29, 1.82) is 0 Å². The molecule has 3 aromatic rings. The third kappa shape index (κ3) is 4.15. The second-order valence-corrected chi connectivity index (χ2v) is 9.41. The first-order valence-corrected chi connectivity index (χ1v) is 11.5. The second-order valence-electron chi connectivity index (χ2n) is 8.53. The highest BCUT2D eigenvalue weighted by atomic mass is 35.5. The van der Waals surface area contributed by atoms with Crippen molar-refractivity contribution in [3.8, 4) is 0 Å². The van der Waals surface area contributed by atoms with Gasteiger partial charge in [-0.3, -0.25) is 5.01 Å². The van der Waals surface area contributed by atoms with Gasteiger partial charge in [-0.1, -0.05) is 72.6 Å². The van der Waals surface area contributed by atoms with Crippen LogP contribution in [0.15, 0.2) is 89.5 Å². The van der Waals surface area contributed by atoms with E-state index in [0.29, 0.717) is 11.8 Å². The number of fused-ring (bicyclic) bond motifs is 1. The number of anilines is 1. The monoisotopic (exact) mass is 446 g/mol. The van der Waals surface area contributed by atoms with Gasteiger partial charge in [-0.25, -0.2) is 0 Å². The standard InChI is InChI=1S/C27H24Cl2N2/c1-18-15-21(17-19-7-11-22(28)12-8-19)26-25(16-18)27(20-9-13-23(29)14-10-20)31(30-26)24-5-3-2-4-6-24/h2-14,17-18,25,27H,15-16H2,1H3/b21-17+. The summed E-state index contributed by atoms with van der Waals surface area (Å²) in [5.41, 5.74) is 6.05. The van der Waals surface area contributed by atoms with Crippen LogP contribution in [0.1, 0.15) is 36.9 Å². The Morgan fingerprint density at radius 2 is 1.52 bits per heavy atom. The Bertz CT molecular complexity index is 1120. The van der Waals surface area contributed by atoms with Crippen LogP contribution in [-0.4, -0.2) is 5.71 Å². The minimum atomic E-state index is 0.158. The summed E-state index contributed by atoms with van der Waals surface area (Å²) in [6.45, 7) is 2.34. The van der Waals surface area contributed by atoms with Crippen molar-refractivity contribution in [2.24, 2.45) is 16.9 Å². The molecule has 156 valence electrons. The Morgan fingerprint density at radius 1 is 0.871 bits per heavy atom. The summed E-state index contributed by atoms with van der Waals surface area (Å²) in [5, 5.41) is 8.93. The van der Waals surface area contributed by atoms with E-state index in [-0.39, 0.29) is 6.04 Å². The molecule has 1 fully saturated rings. The molecule has 3 atom stereocenters. The number of para-hydroxylation sites is 1. The van der Waals surface area contributed by atoms with Crippen LogP contribution in [0, 0.1) is 11.8 Å². The van der Waals surface area contributed by atoms with Gasteiger partial charge in [0, 0.05) is 16.0 Å². The van der Waals surface area contributed by atoms with Gasteiger partial charge in [0.05, 0.1) is 17.4 Å². The number of benzene rings is 3. The van der Waals surface area contributed by atoms with E-state index >= 15 is 0 Å². The number of hydrogen-bond donors (Lipinski definition) is 0. The summed E-state index contributed by atoms with van der Waals surface area (Å²) in [6, 6.07) is 26.9. The van der Waals surface area contributed by atoms with Crippen LogP contribution in [0.4, 0.5) is 5.69 Å². The Labute approximate surface area is 193 Å². The Kier molecular flexibility index (Phi) is 5.60. The molecule has 5 rings (SSSR count). The molecule has 2 aliphatic rings. The van der Waals surface area contributed by atoms with Gasteiger partial charge >= 0.3 is 0 Å². The van der Waals surface area contributed by atoms with Crippen LogP contribution in [0.25, 0.3) is 6.08 Å². The average Bonchev–Trinajstić information content (AvgIpc) is 3.16. The molecule has 3 unspecified atom stereocenters. The number of nitrogens with zero attached hydrogens (tertiary/aromatic N) is 2. The van der Waals surface area contributed by atoms with Crippen molar-refractivity contribution in [3.05, 3.63) is 106 Å². The highest BCUT2D eigenvalue weighted by Gasteiger charge is 2.43. The summed E-state index contributed by atoms with van der Waals surface area (Å²) in [5.74, 6) is 0.928. The van der Waals surface area contributed by atoms with Crippen LogP contribution in [0.3, 0.4) is 0 Å². The van der Waals surface area contributed by atoms with E-state index in [0.717, 1.165) is 34.1 Å². The lowest BCUT2D eigenvalue weighted by Crippen LogP contribution is -2.30. The summed E-state index contributed by atoms with van der Waals surface area (Å²) >= 11 is 12.3. The molecule has 0 radical (unpaired) electrons. The van der Waals surface area contributed by atoms with Crippen molar-refractivity contribution in [2.45, 2.75) is 25.8 Å². The van der Waals surface area contributed by atoms with Gasteiger partial charge < -0.3 is 0 Å². The molecule has 0 spiro atoms. The molecule has 0 N–H and O–H groups in total. The molecule has 3 aromatic carbocycles. The summed E-state index contributed by atoms with van der Waals surface area (Å²) < 4.78 is 0. The van der Waals surface area contributed by atoms with Gasteiger partial charge in [0.25, 0.3) is 0 Å². The molecule has 0 saturated heterocycles. The van der Waals surface area contributed by atoms with Gasteiger partial charge in [-0.05, 0) is 77.9 Å². The molecule has 2 nitrogen and oxygen atoms in total. The lowest BCUT2D eigenvalue weighted by molar-refractivity contribution is 0.403. The molecule has 0 bridgehead atoms. The van der Waals surface area contributed by atoms with Crippen LogP contribution in [0.2, 0.25) is 10.0 Å². The fourth-order valence-corrected chi connectivity index (χ4v) is 5.09. The zero-order valence-electron chi connectivity index (χ0n) is 17.4. The maximum Gasteiger partial charge on any atom is 0.0860 e. The maximum atomic E-state index is 6.20. The van der Waals surface area contributed by atoms with Gasteiger partial charge in [0.1, 0.15) is 0 Å². The minimum Gasteiger partial charge on any atom is -0.257 e. The van der Waals surface area contributed by atoms with Crippen molar-refractivity contribution >= 4 is 40.7 Å². The molecule has 0 aromatic heterocycles. The van der Waals surface area contributed by atoms with E-state index in [4.69, 9.17) is 28.3 Å². The molecule has 4 heteroatoms. The lowest BCUT2D eigenvalue weighted by Gasteiger charge is -2.33. The number of allylic oxidation sites excluding steroid dienone is 1. The Balaban J connectivity index is 1.60. The maximum absolute atomic E-state index is 6.20. The van der Waals surface area contributed by atoms with Gasteiger partial charge in [0.15, 0.2) is 0 Å². The van der Waals surface area contributed by atoms with Crippen molar-refractivity contribution in [3.63, 3.8) is 0 Å². The van der Waals surface area contributed by atoms with E-state index in [9.17, 15) is 0 Å². The van der Waals surface area contributed by atoms with Crippen molar-refractivity contribution in [2.75, 3.05) is 5.01 Å². The lowest BCUT2D eigenvalue weighted by atomic mass is 9.73. The largest absolute Gasteiger partial charge is 0.257 e. The Morgan fingerprint density at radius 3 is 2.19 bits per heavy atom. The summed E-state index contributed by atoms with van der Waals surface area (Å²) in [6.07, 6.45) is 4.44. The second kappa shape index (κ2) is 8.53. The molecule has 1 aliphatic heterocycles. The SMILES string of the molecule is CC1C/C(=C\c2ccc(Cl)cc2)C2=NN(c3ccccc3)C(c3ccc(Cl)cc3)C2C1. The van der Waals surface area contributed by atoms with E-state index in [1.165, 1.54) is 16.8 Å². The quantitative estimate of drug-likeness (QED) is 0.397. The Hall–Kier alpha value is -2.55. The van der Waals surface area contributed by atoms with Gasteiger partial charge in [-0.2, -0.15) is 5.10 Å². The number of hydrazone groups is 1. The van der Waals surface area contributed by atoms with Crippen LogP contribution < -0.4 is 5.01 Å². The fourth-order valence-electron chi connectivity index (χ4n) is 4.84. The normalized spacial score (nSPS) is 24.2. The molecule has 1 saturated carbocycles. The molecule has 0 amide bonds. The number of hydrogen-bond acceptors (Lipinski definition) is 2. The summed E-state index contributed by atoms with van der Waals surface area (Å²) in [4.78, 5) is 0. The first-order chi connectivity index (χ1) is 15.1. The molecular formula is C27H24Cl2N2. The molecule has 31 heavy (non-hydrogen) atoms. The third-order valence-electron chi connectivity index (χ3n) is 6.21. The van der Waals surface area contributed by atoms with E-state index < -0.39 is 0 Å². The minimum absolute atomic E-state index is 0.158. The van der Waals surface area contributed by atoms with Crippen molar-refractivity contribution in [1.82, 2.24) is 0 Å².